The minimum absolute atomic E-state index is 0.133. The van der Waals surface area contributed by atoms with Gasteiger partial charge in [-0.2, -0.15) is 0 Å². The summed E-state index contributed by atoms with van der Waals surface area (Å²) >= 11 is 0. The van der Waals surface area contributed by atoms with Crippen LogP contribution < -0.4 is 4.74 Å². The molecular formula is C9H5F5N2O5. The Morgan fingerprint density at radius 1 is 1.43 bits per heavy atom. The SMILES string of the molecule is COC(=O)c1c(OC(F)(F)F)cnc(C(F)F)c1[N+](=O)[O-]. The molecule has 21 heavy (non-hydrogen) atoms. The summed E-state index contributed by atoms with van der Waals surface area (Å²) in [4.78, 5) is 23.5. The number of nitro groups is 1. The molecule has 0 aliphatic heterocycles. The molecule has 116 valence electrons. The molecule has 0 bridgehead atoms. The number of hydrogen-bond donors (Lipinski definition) is 0. The molecular weight excluding hydrogens is 311 g/mol. The average molecular weight is 316 g/mol. The van der Waals surface area contributed by atoms with Crippen molar-refractivity contribution in [3.8, 4) is 5.75 Å². The molecule has 0 fully saturated rings. The van der Waals surface area contributed by atoms with Gasteiger partial charge in [-0.15, -0.1) is 13.2 Å². The maximum absolute atomic E-state index is 12.6. The highest BCUT2D eigenvalue weighted by molar-refractivity contribution is 5.97. The van der Waals surface area contributed by atoms with Crippen LogP contribution in [0.2, 0.25) is 0 Å². The van der Waals surface area contributed by atoms with E-state index in [2.05, 4.69) is 14.5 Å². The fourth-order valence-electron chi connectivity index (χ4n) is 1.34. The molecule has 1 aromatic rings. The molecule has 1 aromatic heterocycles. The fourth-order valence-corrected chi connectivity index (χ4v) is 1.34. The average Bonchev–Trinajstić information content (AvgIpc) is 2.34. The highest BCUT2D eigenvalue weighted by atomic mass is 19.4. The predicted molar refractivity (Wildman–Crippen MR) is 53.9 cm³/mol. The number of ether oxygens (including phenoxy) is 2. The van der Waals surface area contributed by atoms with Crippen LogP contribution in [-0.4, -0.2) is 29.3 Å². The molecule has 0 unspecified atom stereocenters. The van der Waals surface area contributed by atoms with E-state index in [-0.39, 0.29) is 6.20 Å². The van der Waals surface area contributed by atoms with Gasteiger partial charge in [0.2, 0.25) is 0 Å². The number of carbonyl (C=O) groups excluding carboxylic acids is 1. The quantitative estimate of drug-likeness (QED) is 0.367. The number of rotatable bonds is 4. The molecule has 1 heterocycles. The van der Waals surface area contributed by atoms with Crippen LogP contribution in [-0.2, 0) is 4.74 Å². The molecule has 0 aliphatic carbocycles. The predicted octanol–water partition coefficient (Wildman–Crippen LogP) is 2.61. The molecule has 0 saturated heterocycles. The number of esters is 1. The van der Waals surface area contributed by atoms with E-state index in [1.807, 2.05) is 0 Å². The van der Waals surface area contributed by atoms with Crippen LogP contribution >= 0.6 is 0 Å². The Morgan fingerprint density at radius 2 is 2.00 bits per heavy atom. The van der Waals surface area contributed by atoms with Crippen LogP contribution in [0.1, 0.15) is 22.5 Å². The smallest absolute Gasteiger partial charge is 0.465 e. The Bertz CT molecular complexity index is 574. The Labute approximate surface area is 112 Å². The number of hydrogen-bond acceptors (Lipinski definition) is 6. The van der Waals surface area contributed by atoms with Crippen molar-refractivity contribution in [2.75, 3.05) is 7.11 Å². The topological polar surface area (TPSA) is 91.6 Å². The number of alkyl halides is 5. The van der Waals surface area contributed by atoms with E-state index < -0.39 is 46.4 Å². The first-order chi connectivity index (χ1) is 9.58. The van der Waals surface area contributed by atoms with Gasteiger partial charge in [0.15, 0.2) is 17.0 Å². The molecule has 0 amide bonds. The van der Waals surface area contributed by atoms with E-state index in [1.54, 1.807) is 0 Å². The van der Waals surface area contributed by atoms with E-state index in [9.17, 15) is 36.9 Å². The van der Waals surface area contributed by atoms with Crippen molar-refractivity contribution in [3.63, 3.8) is 0 Å². The lowest BCUT2D eigenvalue weighted by Crippen LogP contribution is -2.21. The lowest BCUT2D eigenvalue weighted by atomic mass is 10.1. The van der Waals surface area contributed by atoms with Gasteiger partial charge in [-0.3, -0.25) is 10.1 Å². The van der Waals surface area contributed by atoms with Gasteiger partial charge in [0.25, 0.3) is 6.43 Å². The zero-order valence-corrected chi connectivity index (χ0v) is 9.98. The van der Waals surface area contributed by atoms with E-state index in [0.29, 0.717) is 7.11 Å². The minimum atomic E-state index is -5.31. The van der Waals surface area contributed by atoms with Crippen molar-refractivity contribution in [1.29, 1.82) is 0 Å². The molecule has 1 rings (SSSR count). The fraction of sp³-hybridized carbons (Fsp3) is 0.333. The molecule has 0 spiro atoms. The first-order valence-corrected chi connectivity index (χ1v) is 4.88. The largest absolute Gasteiger partial charge is 0.573 e. The lowest BCUT2D eigenvalue weighted by molar-refractivity contribution is -0.387. The third-order valence-electron chi connectivity index (χ3n) is 2.05. The maximum atomic E-state index is 12.6. The molecule has 0 aliphatic rings. The van der Waals surface area contributed by atoms with E-state index in [4.69, 9.17) is 0 Å². The van der Waals surface area contributed by atoms with Gasteiger partial charge < -0.3 is 9.47 Å². The van der Waals surface area contributed by atoms with Crippen LogP contribution in [0.4, 0.5) is 27.6 Å². The van der Waals surface area contributed by atoms with Crippen molar-refractivity contribution >= 4 is 11.7 Å². The summed E-state index contributed by atoms with van der Waals surface area (Å²) in [7, 11) is 0.700. The van der Waals surface area contributed by atoms with Gasteiger partial charge in [-0.25, -0.2) is 18.6 Å². The standard InChI is InChI=1S/C9H5F5N2O5/c1-20-8(17)4-3(21-9(12,13)14)2-15-5(7(10)11)6(4)16(18)19/h2,7H,1H3. The second-order valence-electron chi connectivity index (χ2n) is 3.33. The van der Waals surface area contributed by atoms with Gasteiger partial charge in [0, 0.05) is 0 Å². The molecule has 0 N–H and O–H groups in total. The number of methoxy groups -OCH3 is 1. The Kier molecular flexibility index (Phi) is 4.60. The van der Waals surface area contributed by atoms with Gasteiger partial charge in [0.05, 0.1) is 18.2 Å². The summed E-state index contributed by atoms with van der Waals surface area (Å²) < 4.78 is 69.1. The summed E-state index contributed by atoms with van der Waals surface area (Å²) in [5.41, 5.74) is -4.49. The van der Waals surface area contributed by atoms with Gasteiger partial charge in [-0.05, 0) is 0 Å². The highest BCUT2D eigenvalue weighted by Crippen LogP contribution is 2.37. The van der Waals surface area contributed by atoms with Crippen molar-refractivity contribution < 1.29 is 41.1 Å². The number of pyridine rings is 1. The molecule has 12 heteroatoms. The highest BCUT2D eigenvalue weighted by Gasteiger charge is 2.39. The van der Waals surface area contributed by atoms with Crippen LogP contribution in [0.25, 0.3) is 0 Å². The van der Waals surface area contributed by atoms with E-state index >= 15 is 0 Å². The van der Waals surface area contributed by atoms with Crippen LogP contribution in [0, 0.1) is 10.1 Å². The molecule has 0 atom stereocenters. The molecule has 7 nitrogen and oxygen atoms in total. The normalized spacial score (nSPS) is 11.4. The second-order valence-corrected chi connectivity index (χ2v) is 3.33. The van der Waals surface area contributed by atoms with Crippen molar-refractivity contribution in [1.82, 2.24) is 4.98 Å². The first kappa shape index (κ1) is 16.5. The zero-order valence-electron chi connectivity index (χ0n) is 9.98. The van der Waals surface area contributed by atoms with Crippen LogP contribution in [0.3, 0.4) is 0 Å². The van der Waals surface area contributed by atoms with Gasteiger partial charge >= 0.3 is 18.0 Å². The summed E-state index contributed by atoms with van der Waals surface area (Å²) in [5, 5.41) is 10.8. The summed E-state index contributed by atoms with van der Waals surface area (Å²) in [6.45, 7) is 0. The number of halogens is 5. The lowest BCUT2D eigenvalue weighted by Gasteiger charge is -2.13. The van der Waals surface area contributed by atoms with Crippen LogP contribution in [0.5, 0.6) is 5.75 Å². The third kappa shape index (κ3) is 3.73. The number of aromatic nitrogens is 1. The Morgan fingerprint density at radius 3 is 2.38 bits per heavy atom. The van der Waals surface area contributed by atoms with E-state index in [1.165, 1.54) is 0 Å². The first-order valence-electron chi connectivity index (χ1n) is 4.88. The molecule has 0 radical (unpaired) electrons. The van der Waals surface area contributed by atoms with Crippen molar-refractivity contribution in [2.24, 2.45) is 0 Å². The maximum Gasteiger partial charge on any atom is 0.573 e. The Balaban J connectivity index is 3.64. The number of nitrogens with zero attached hydrogens (tertiary/aromatic N) is 2. The van der Waals surface area contributed by atoms with Crippen molar-refractivity contribution in [2.45, 2.75) is 12.8 Å². The molecule has 0 aromatic carbocycles. The summed E-state index contributed by atoms with van der Waals surface area (Å²) in [6.07, 6.45) is -8.67. The third-order valence-corrected chi connectivity index (χ3v) is 2.05. The van der Waals surface area contributed by atoms with Crippen molar-refractivity contribution in [3.05, 3.63) is 27.6 Å². The monoisotopic (exact) mass is 316 g/mol. The second kappa shape index (κ2) is 5.85. The Hall–Kier alpha value is -2.53. The zero-order chi connectivity index (χ0) is 16.4. The number of carbonyl (C=O) groups is 1. The minimum Gasteiger partial charge on any atom is -0.465 e. The summed E-state index contributed by atoms with van der Waals surface area (Å²) in [5.74, 6) is -3.06. The summed E-state index contributed by atoms with van der Waals surface area (Å²) in [6, 6.07) is 0. The van der Waals surface area contributed by atoms with E-state index in [0.717, 1.165) is 0 Å². The van der Waals surface area contributed by atoms with Gasteiger partial charge in [0.1, 0.15) is 0 Å². The van der Waals surface area contributed by atoms with Crippen LogP contribution in [0.15, 0.2) is 6.20 Å². The van der Waals surface area contributed by atoms with Gasteiger partial charge in [-0.1, -0.05) is 0 Å². The molecule has 0 saturated carbocycles.